The molecular formula is C8H15NO2. The van der Waals surface area contributed by atoms with E-state index in [0.29, 0.717) is 19.8 Å². The highest BCUT2D eigenvalue weighted by molar-refractivity contribution is 5.87. The van der Waals surface area contributed by atoms with Crippen molar-refractivity contribution in [3.63, 3.8) is 0 Å². The molecule has 64 valence electrons. The van der Waals surface area contributed by atoms with Crippen LogP contribution in [0.15, 0.2) is 12.2 Å². The number of hydrogen-bond donors (Lipinski definition) is 1. The predicted molar refractivity (Wildman–Crippen MR) is 44.3 cm³/mol. The molecule has 0 atom stereocenters. The highest BCUT2D eigenvalue weighted by atomic mass is 16.5. The monoisotopic (exact) mass is 157 g/mol. The van der Waals surface area contributed by atoms with E-state index in [1.165, 1.54) is 6.08 Å². The molecule has 1 N–H and O–H groups in total. The first-order valence-electron chi connectivity index (χ1n) is 3.79. The first-order valence-corrected chi connectivity index (χ1v) is 3.79. The topological polar surface area (TPSA) is 38.3 Å². The van der Waals surface area contributed by atoms with E-state index in [9.17, 15) is 4.79 Å². The Bertz CT molecular complexity index is 132. The third kappa shape index (κ3) is 7.06. The Kier molecular flexibility index (Phi) is 6.73. The summed E-state index contributed by atoms with van der Waals surface area (Å²) in [5.41, 5.74) is 0. The lowest BCUT2D eigenvalue weighted by Gasteiger charge is -2.00. The average Bonchev–Trinajstić information content (AvgIpc) is 1.99. The number of carbonyl (C=O) groups is 1. The fourth-order valence-corrected chi connectivity index (χ4v) is 0.601. The number of ether oxygens (including phenoxy) is 1. The van der Waals surface area contributed by atoms with E-state index < -0.39 is 0 Å². The second kappa shape index (κ2) is 7.28. The molecule has 0 radical (unpaired) electrons. The van der Waals surface area contributed by atoms with Crippen molar-refractivity contribution in [3.8, 4) is 0 Å². The molecule has 0 aliphatic heterocycles. The number of hydrogen-bond acceptors (Lipinski definition) is 2. The maximum atomic E-state index is 10.8. The van der Waals surface area contributed by atoms with Gasteiger partial charge in [-0.25, -0.2) is 0 Å². The Morgan fingerprint density at radius 3 is 2.91 bits per heavy atom. The number of amides is 1. The van der Waals surface area contributed by atoms with Crippen LogP contribution in [0, 0.1) is 0 Å². The minimum atomic E-state index is -0.0628. The van der Waals surface area contributed by atoms with E-state index >= 15 is 0 Å². The van der Waals surface area contributed by atoms with Crippen molar-refractivity contribution in [2.45, 2.75) is 13.8 Å². The van der Waals surface area contributed by atoms with E-state index in [4.69, 9.17) is 4.74 Å². The molecule has 3 heteroatoms. The van der Waals surface area contributed by atoms with Gasteiger partial charge >= 0.3 is 0 Å². The Balaban J connectivity index is 3.17. The summed E-state index contributed by atoms with van der Waals surface area (Å²) in [5.74, 6) is -0.0628. The second-order valence-corrected chi connectivity index (χ2v) is 1.99. The largest absolute Gasteiger partial charge is 0.380 e. The number of nitrogens with one attached hydrogen (secondary N) is 1. The van der Waals surface area contributed by atoms with E-state index in [1.54, 1.807) is 6.08 Å². The van der Waals surface area contributed by atoms with Crippen molar-refractivity contribution in [2.24, 2.45) is 0 Å². The summed E-state index contributed by atoms with van der Waals surface area (Å²) in [4.78, 5) is 10.8. The third-order valence-corrected chi connectivity index (χ3v) is 1.07. The first-order chi connectivity index (χ1) is 5.31. The lowest BCUT2D eigenvalue weighted by Crippen LogP contribution is -2.25. The maximum Gasteiger partial charge on any atom is 0.243 e. The zero-order valence-electron chi connectivity index (χ0n) is 7.09. The van der Waals surface area contributed by atoms with Gasteiger partial charge in [-0.15, -0.1) is 0 Å². The summed E-state index contributed by atoms with van der Waals surface area (Å²) in [6.45, 7) is 5.59. The van der Waals surface area contributed by atoms with Gasteiger partial charge in [-0.3, -0.25) is 4.79 Å². The van der Waals surface area contributed by atoms with Gasteiger partial charge in [-0.05, 0) is 19.9 Å². The summed E-state index contributed by atoms with van der Waals surface area (Å²) in [5, 5.41) is 2.67. The van der Waals surface area contributed by atoms with Crippen molar-refractivity contribution in [1.82, 2.24) is 5.32 Å². The second-order valence-electron chi connectivity index (χ2n) is 1.99. The standard InChI is InChI=1S/C8H15NO2/c1-3-5-8(10)9-6-7-11-4-2/h3,5H,4,6-7H2,1-2H3,(H,9,10). The zero-order valence-corrected chi connectivity index (χ0v) is 7.09. The molecule has 0 saturated carbocycles. The summed E-state index contributed by atoms with van der Waals surface area (Å²) in [7, 11) is 0. The summed E-state index contributed by atoms with van der Waals surface area (Å²) < 4.78 is 5.02. The van der Waals surface area contributed by atoms with E-state index in [1.807, 2.05) is 13.8 Å². The molecule has 0 saturated heterocycles. The smallest absolute Gasteiger partial charge is 0.243 e. The van der Waals surface area contributed by atoms with Gasteiger partial charge in [0.15, 0.2) is 0 Å². The van der Waals surface area contributed by atoms with Crippen molar-refractivity contribution >= 4 is 5.91 Å². The molecule has 0 fully saturated rings. The molecule has 0 aromatic rings. The molecule has 0 aromatic carbocycles. The fourth-order valence-electron chi connectivity index (χ4n) is 0.601. The normalized spacial score (nSPS) is 10.4. The third-order valence-electron chi connectivity index (χ3n) is 1.07. The van der Waals surface area contributed by atoms with Gasteiger partial charge in [0, 0.05) is 13.2 Å². The van der Waals surface area contributed by atoms with Crippen LogP contribution in [0.5, 0.6) is 0 Å². The summed E-state index contributed by atoms with van der Waals surface area (Å²) in [6.07, 6.45) is 3.20. The Hall–Kier alpha value is -0.830. The van der Waals surface area contributed by atoms with Gasteiger partial charge in [0.2, 0.25) is 5.91 Å². The number of carbonyl (C=O) groups excluding carboxylic acids is 1. The highest BCUT2D eigenvalue weighted by Crippen LogP contribution is 1.73. The number of allylic oxidation sites excluding steroid dienone is 1. The van der Waals surface area contributed by atoms with Crippen LogP contribution in [0.2, 0.25) is 0 Å². The Morgan fingerprint density at radius 2 is 2.36 bits per heavy atom. The molecule has 0 bridgehead atoms. The Morgan fingerprint density at radius 1 is 1.64 bits per heavy atom. The van der Waals surface area contributed by atoms with Crippen LogP contribution in [-0.2, 0) is 9.53 Å². The van der Waals surface area contributed by atoms with Crippen LogP contribution in [0.3, 0.4) is 0 Å². The van der Waals surface area contributed by atoms with Gasteiger partial charge in [0.05, 0.1) is 6.61 Å². The Labute approximate surface area is 67.4 Å². The summed E-state index contributed by atoms with van der Waals surface area (Å²) in [6, 6.07) is 0. The minimum Gasteiger partial charge on any atom is -0.380 e. The molecule has 1 amide bonds. The molecule has 0 rings (SSSR count). The molecule has 3 nitrogen and oxygen atoms in total. The average molecular weight is 157 g/mol. The predicted octanol–water partition coefficient (Wildman–Crippen LogP) is 0.715. The molecule has 0 spiro atoms. The van der Waals surface area contributed by atoms with Crippen LogP contribution in [0.4, 0.5) is 0 Å². The molecule has 0 heterocycles. The van der Waals surface area contributed by atoms with Crippen molar-refractivity contribution in [3.05, 3.63) is 12.2 Å². The van der Waals surface area contributed by atoms with Gasteiger partial charge in [0.25, 0.3) is 0 Å². The molecule has 0 unspecified atom stereocenters. The highest BCUT2D eigenvalue weighted by Gasteiger charge is 1.91. The molecule has 0 aromatic heterocycles. The molecule has 11 heavy (non-hydrogen) atoms. The van der Waals surface area contributed by atoms with Crippen LogP contribution in [0.1, 0.15) is 13.8 Å². The minimum absolute atomic E-state index is 0.0628. The first kappa shape index (κ1) is 10.2. The van der Waals surface area contributed by atoms with Crippen LogP contribution < -0.4 is 5.32 Å². The quantitative estimate of drug-likeness (QED) is 0.471. The van der Waals surface area contributed by atoms with Gasteiger partial charge in [-0.2, -0.15) is 0 Å². The van der Waals surface area contributed by atoms with Crippen LogP contribution in [0.25, 0.3) is 0 Å². The fraction of sp³-hybridized carbons (Fsp3) is 0.625. The molecule has 0 aliphatic carbocycles. The van der Waals surface area contributed by atoms with Gasteiger partial charge in [-0.1, -0.05) is 6.08 Å². The zero-order chi connectivity index (χ0) is 8.53. The van der Waals surface area contributed by atoms with Gasteiger partial charge in [0.1, 0.15) is 0 Å². The lowest BCUT2D eigenvalue weighted by atomic mass is 10.5. The van der Waals surface area contributed by atoms with E-state index in [0.717, 1.165) is 0 Å². The van der Waals surface area contributed by atoms with Crippen LogP contribution >= 0.6 is 0 Å². The lowest BCUT2D eigenvalue weighted by molar-refractivity contribution is -0.116. The maximum absolute atomic E-state index is 10.8. The van der Waals surface area contributed by atoms with Crippen molar-refractivity contribution < 1.29 is 9.53 Å². The van der Waals surface area contributed by atoms with Crippen molar-refractivity contribution in [1.29, 1.82) is 0 Å². The van der Waals surface area contributed by atoms with Crippen LogP contribution in [-0.4, -0.2) is 25.7 Å². The van der Waals surface area contributed by atoms with E-state index in [2.05, 4.69) is 5.32 Å². The SMILES string of the molecule is CC=CC(=O)NCCOCC. The molecular weight excluding hydrogens is 142 g/mol. The van der Waals surface area contributed by atoms with Gasteiger partial charge < -0.3 is 10.1 Å². The van der Waals surface area contributed by atoms with E-state index in [-0.39, 0.29) is 5.91 Å². The molecule has 0 aliphatic rings. The summed E-state index contributed by atoms with van der Waals surface area (Å²) >= 11 is 0. The van der Waals surface area contributed by atoms with Crippen molar-refractivity contribution in [2.75, 3.05) is 19.8 Å². The number of rotatable bonds is 5.